The number of alkyl halides is 3. The average Bonchev–Trinajstić information content (AvgIpc) is 3.63. The number of aromatic nitrogens is 3. The summed E-state index contributed by atoms with van der Waals surface area (Å²) in [4.78, 5) is 50.8. The summed E-state index contributed by atoms with van der Waals surface area (Å²) in [5.74, 6) is -0.942. The first kappa shape index (κ1) is 39.1. The molecule has 4 aromatic rings. The molecular weight excluding hydrogens is 715 g/mol. The number of carbonyl (C=O) groups excluding carboxylic acids is 3. The lowest BCUT2D eigenvalue weighted by Gasteiger charge is -2.46. The molecule has 6 rings (SSSR count). The number of urea groups is 1. The Bertz CT molecular complexity index is 1900. The molecule has 2 aromatic carbocycles. The number of hydrogen-bond acceptors (Lipinski definition) is 8. The first-order valence-electron chi connectivity index (χ1n) is 18.3. The number of ether oxygens (including phenoxy) is 2. The minimum atomic E-state index is -4.74. The molecule has 4 amide bonds. The maximum absolute atomic E-state index is 14.4. The van der Waals surface area contributed by atoms with Crippen molar-refractivity contribution in [1.82, 2.24) is 25.0 Å². The fraction of sp³-hybridized carbons (Fsp3) is 0.425. The molecule has 0 bridgehead atoms. The number of rotatable bonds is 13. The summed E-state index contributed by atoms with van der Waals surface area (Å²) in [6.07, 6.45) is 1.06. The van der Waals surface area contributed by atoms with Gasteiger partial charge in [0, 0.05) is 39.4 Å². The summed E-state index contributed by atoms with van der Waals surface area (Å²) < 4.78 is 55.4. The van der Waals surface area contributed by atoms with E-state index >= 15 is 0 Å². The number of nitrogens with one attached hydrogen (secondary N) is 1. The standard InChI is InChI=1S/C40H46F3N7O5/c1-47(33-20-22-45-48(33)2)38(52)34-32(37(51)50(34)39(53)46-35(40(41,42)43)28-9-6-5-7-10-28)23-29-11-8-21-44-36(29)49(24-26-12-16-30(54-3)17-13-26)25-27-14-18-31(55-4)19-15-27/h8,11-22,28,32,34-35H,5-7,9-10,23-25H2,1-4H3,(H,46,53)/t32-,34+,35?/m1/s1. The third-order valence-electron chi connectivity index (χ3n) is 10.6. The molecule has 1 N–H and O–H groups in total. The quantitative estimate of drug-likeness (QED) is 0.158. The number of β-lactam (4-membered cyclic amide) rings is 1. The van der Waals surface area contributed by atoms with Crippen molar-refractivity contribution in [1.29, 1.82) is 0 Å². The van der Waals surface area contributed by atoms with Gasteiger partial charge in [-0.15, -0.1) is 0 Å². The molecular formula is C40H46F3N7O5. The summed E-state index contributed by atoms with van der Waals surface area (Å²) in [7, 11) is 6.30. The van der Waals surface area contributed by atoms with Crippen LogP contribution in [0.3, 0.4) is 0 Å². The molecule has 3 heterocycles. The van der Waals surface area contributed by atoms with Gasteiger partial charge in [0.05, 0.1) is 26.3 Å². The molecule has 1 saturated heterocycles. The van der Waals surface area contributed by atoms with Crippen molar-refractivity contribution in [3.8, 4) is 11.5 Å². The Morgan fingerprint density at radius 3 is 2.04 bits per heavy atom. The van der Waals surface area contributed by atoms with E-state index in [1.165, 1.54) is 22.8 Å². The number of aryl methyl sites for hydroxylation is 1. The van der Waals surface area contributed by atoms with Gasteiger partial charge >= 0.3 is 12.2 Å². The van der Waals surface area contributed by atoms with Crippen LogP contribution in [0.5, 0.6) is 11.5 Å². The highest BCUT2D eigenvalue weighted by Crippen LogP contribution is 2.38. The van der Waals surface area contributed by atoms with Crippen LogP contribution >= 0.6 is 0 Å². The van der Waals surface area contributed by atoms with Crippen LogP contribution in [0.2, 0.25) is 0 Å². The number of likely N-dealkylation sites (N-methyl/N-ethyl adjacent to an activating group) is 1. The summed E-state index contributed by atoms with van der Waals surface area (Å²) in [5, 5.41) is 6.25. The average molecular weight is 762 g/mol. The zero-order valence-corrected chi connectivity index (χ0v) is 31.3. The van der Waals surface area contributed by atoms with Crippen LogP contribution in [0.25, 0.3) is 0 Å². The van der Waals surface area contributed by atoms with Crippen LogP contribution in [0.1, 0.15) is 48.8 Å². The van der Waals surface area contributed by atoms with Crippen LogP contribution in [0.4, 0.5) is 29.6 Å². The van der Waals surface area contributed by atoms with Gasteiger partial charge < -0.3 is 19.7 Å². The second-order valence-electron chi connectivity index (χ2n) is 14.1. The Labute approximate surface area is 318 Å². The van der Waals surface area contributed by atoms with Crippen molar-refractivity contribution < 1.29 is 37.0 Å². The second kappa shape index (κ2) is 16.8. The van der Waals surface area contributed by atoms with Crippen molar-refractivity contribution in [2.45, 2.75) is 69.9 Å². The van der Waals surface area contributed by atoms with Crippen molar-refractivity contribution in [3.63, 3.8) is 0 Å². The van der Waals surface area contributed by atoms with Crippen LogP contribution in [0, 0.1) is 11.8 Å². The number of pyridine rings is 1. The molecule has 1 aliphatic heterocycles. The Kier molecular flexibility index (Phi) is 12.0. The predicted molar refractivity (Wildman–Crippen MR) is 200 cm³/mol. The van der Waals surface area contributed by atoms with E-state index in [9.17, 15) is 27.6 Å². The van der Waals surface area contributed by atoms with Crippen LogP contribution in [-0.4, -0.2) is 77.0 Å². The number of halogens is 3. The van der Waals surface area contributed by atoms with E-state index in [1.54, 1.807) is 39.6 Å². The molecule has 2 aromatic heterocycles. The number of likely N-dealkylation sites (tertiary alicyclic amines) is 1. The summed E-state index contributed by atoms with van der Waals surface area (Å²) in [6.45, 7) is 0.831. The van der Waals surface area contributed by atoms with Crippen molar-refractivity contribution in [3.05, 3.63) is 95.8 Å². The lowest BCUT2D eigenvalue weighted by atomic mass is 9.81. The SMILES string of the molecule is COc1ccc(CN(Cc2ccc(OC)cc2)c2ncccc2C[C@H]2C(=O)N(C(=O)NC(C3CCCCC3)C(F)(F)F)[C@@H]2C(=O)N(C)c2ccnn2C)cc1. The molecule has 2 fully saturated rings. The molecule has 15 heteroatoms. The Hall–Kier alpha value is -5.60. The van der Waals surface area contributed by atoms with E-state index in [0.717, 1.165) is 17.5 Å². The number of benzene rings is 2. The molecule has 12 nitrogen and oxygen atoms in total. The molecule has 0 radical (unpaired) electrons. The number of nitrogens with zero attached hydrogens (tertiary/aromatic N) is 6. The van der Waals surface area contributed by atoms with E-state index in [2.05, 4.69) is 10.4 Å². The Morgan fingerprint density at radius 1 is 0.909 bits per heavy atom. The first-order chi connectivity index (χ1) is 26.4. The van der Waals surface area contributed by atoms with E-state index in [-0.39, 0.29) is 6.42 Å². The number of hydrogen-bond donors (Lipinski definition) is 1. The van der Waals surface area contributed by atoms with Gasteiger partial charge in [-0.1, -0.05) is 49.6 Å². The van der Waals surface area contributed by atoms with Gasteiger partial charge in [-0.3, -0.25) is 24.1 Å². The third kappa shape index (κ3) is 8.71. The number of amides is 4. The van der Waals surface area contributed by atoms with Crippen LogP contribution in [0.15, 0.2) is 79.1 Å². The highest BCUT2D eigenvalue weighted by molar-refractivity contribution is 6.12. The van der Waals surface area contributed by atoms with E-state index < -0.39 is 47.9 Å². The number of anilines is 2. The number of carbonyl (C=O) groups is 3. The van der Waals surface area contributed by atoms with Crippen molar-refractivity contribution in [2.24, 2.45) is 18.9 Å². The highest BCUT2D eigenvalue weighted by Gasteiger charge is 2.57. The molecule has 1 aliphatic carbocycles. The molecule has 55 heavy (non-hydrogen) atoms. The van der Waals surface area contributed by atoms with Gasteiger partial charge in [0.15, 0.2) is 0 Å². The van der Waals surface area contributed by atoms with E-state index in [1.807, 2.05) is 59.5 Å². The van der Waals surface area contributed by atoms with Gasteiger partial charge in [0.1, 0.15) is 35.2 Å². The smallest absolute Gasteiger partial charge is 0.408 e. The normalized spacial score (nSPS) is 17.9. The second-order valence-corrected chi connectivity index (χ2v) is 14.1. The molecule has 2 aliphatic rings. The van der Waals surface area contributed by atoms with E-state index in [0.29, 0.717) is 72.4 Å². The fourth-order valence-corrected chi connectivity index (χ4v) is 7.62. The zero-order valence-electron chi connectivity index (χ0n) is 31.3. The maximum atomic E-state index is 14.4. The Balaban J connectivity index is 1.32. The lowest BCUT2D eigenvalue weighted by Crippen LogP contribution is -2.71. The maximum Gasteiger partial charge on any atom is 0.408 e. The predicted octanol–water partition coefficient (Wildman–Crippen LogP) is 6.29. The van der Waals surface area contributed by atoms with E-state index in [4.69, 9.17) is 14.5 Å². The lowest BCUT2D eigenvalue weighted by molar-refractivity contribution is -0.170. The molecule has 1 saturated carbocycles. The fourth-order valence-electron chi connectivity index (χ4n) is 7.62. The van der Waals surface area contributed by atoms with Crippen molar-refractivity contribution in [2.75, 3.05) is 31.1 Å². The van der Waals surface area contributed by atoms with Gasteiger partial charge in [-0.25, -0.2) is 9.78 Å². The number of methoxy groups -OCH3 is 2. The topological polar surface area (TPSA) is 122 Å². The molecule has 1 unspecified atom stereocenters. The van der Waals surface area contributed by atoms with Gasteiger partial charge in [-0.2, -0.15) is 18.3 Å². The minimum Gasteiger partial charge on any atom is -0.497 e. The summed E-state index contributed by atoms with van der Waals surface area (Å²) in [6, 6.07) is 15.6. The Morgan fingerprint density at radius 2 is 1.51 bits per heavy atom. The first-order valence-corrected chi connectivity index (χ1v) is 18.3. The monoisotopic (exact) mass is 761 g/mol. The van der Waals surface area contributed by atoms with Crippen LogP contribution < -0.4 is 24.6 Å². The third-order valence-corrected chi connectivity index (χ3v) is 10.6. The summed E-state index contributed by atoms with van der Waals surface area (Å²) >= 11 is 0. The van der Waals surface area contributed by atoms with Crippen molar-refractivity contribution >= 4 is 29.5 Å². The van der Waals surface area contributed by atoms with Gasteiger partial charge in [-0.05, 0) is 72.2 Å². The highest BCUT2D eigenvalue weighted by atomic mass is 19.4. The molecule has 292 valence electrons. The largest absolute Gasteiger partial charge is 0.497 e. The van der Waals surface area contributed by atoms with Gasteiger partial charge in [0.2, 0.25) is 5.91 Å². The minimum absolute atomic E-state index is 0.00549. The zero-order chi connectivity index (χ0) is 39.3. The number of imide groups is 1. The van der Waals surface area contributed by atoms with Gasteiger partial charge in [0.25, 0.3) is 5.91 Å². The van der Waals surface area contributed by atoms with Crippen LogP contribution in [-0.2, 0) is 36.1 Å². The molecule has 0 spiro atoms. The summed E-state index contributed by atoms with van der Waals surface area (Å²) in [5.41, 5.74) is 2.53. The molecule has 3 atom stereocenters.